The molecule has 1 aliphatic rings. The summed E-state index contributed by atoms with van der Waals surface area (Å²) in [5.41, 5.74) is 5.39. The van der Waals surface area contributed by atoms with Gasteiger partial charge in [0.15, 0.2) is 11.5 Å². The van der Waals surface area contributed by atoms with Crippen LogP contribution in [0.1, 0.15) is 54.6 Å². The first-order valence-electron chi connectivity index (χ1n) is 11.2. The fraction of sp³-hybridized carbons (Fsp3) is 0.357. The average molecular weight is 468 g/mol. The van der Waals surface area contributed by atoms with Crippen molar-refractivity contribution in [3.05, 3.63) is 93.3 Å². The van der Waals surface area contributed by atoms with Crippen LogP contribution in [0.15, 0.2) is 54.6 Å². The van der Waals surface area contributed by atoms with Gasteiger partial charge < -0.3 is 9.47 Å². The molecule has 0 radical (unpaired) electrons. The van der Waals surface area contributed by atoms with Gasteiger partial charge in [0.1, 0.15) is 5.82 Å². The molecule has 3 aromatic carbocycles. The Bertz CT molecular complexity index is 1120. The second-order valence-corrected chi connectivity index (χ2v) is 10.0. The van der Waals surface area contributed by atoms with Crippen LogP contribution in [0.25, 0.3) is 0 Å². The molecular weight excluding hydrogens is 437 g/mol. The third-order valence-corrected chi connectivity index (χ3v) is 6.84. The maximum absolute atomic E-state index is 14.7. The van der Waals surface area contributed by atoms with Crippen LogP contribution in [0.3, 0.4) is 0 Å². The maximum atomic E-state index is 14.7. The van der Waals surface area contributed by atoms with E-state index in [-0.39, 0.29) is 17.3 Å². The summed E-state index contributed by atoms with van der Waals surface area (Å²) < 4.78 is 25.8. The number of ether oxygens (including phenoxy) is 2. The summed E-state index contributed by atoms with van der Waals surface area (Å²) >= 11 is 6.40. The molecule has 0 spiro atoms. The van der Waals surface area contributed by atoms with Crippen LogP contribution >= 0.6 is 11.6 Å². The van der Waals surface area contributed by atoms with Crippen molar-refractivity contribution in [1.82, 2.24) is 4.90 Å². The standard InChI is InChI=1S/C28H31ClFNO2/c1-28(2,3)20-11-9-18(10-12-20)27-21-16-26(33-5)25(32-4)15-19(21)13-14-31(27)17-22-23(29)7-6-8-24(22)30/h6-12,15-16,27H,13-14,17H2,1-5H3. The van der Waals surface area contributed by atoms with E-state index in [1.54, 1.807) is 26.4 Å². The Morgan fingerprint density at radius 2 is 1.67 bits per heavy atom. The first-order chi connectivity index (χ1) is 15.7. The molecule has 0 N–H and O–H groups in total. The molecule has 0 bridgehead atoms. The summed E-state index contributed by atoms with van der Waals surface area (Å²) in [6.45, 7) is 7.83. The summed E-state index contributed by atoms with van der Waals surface area (Å²) in [6.07, 6.45) is 0.832. The van der Waals surface area contributed by atoms with Gasteiger partial charge in [0, 0.05) is 23.7 Å². The van der Waals surface area contributed by atoms with Gasteiger partial charge in [0.05, 0.1) is 20.3 Å². The monoisotopic (exact) mass is 467 g/mol. The molecule has 0 fully saturated rings. The minimum atomic E-state index is -0.276. The van der Waals surface area contributed by atoms with Crippen molar-refractivity contribution >= 4 is 11.6 Å². The number of benzene rings is 3. The Hall–Kier alpha value is -2.56. The smallest absolute Gasteiger partial charge is 0.161 e. The number of rotatable bonds is 5. The zero-order chi connectivity index (χ0) is 23.8. The van der Waals surface area contributed by atoms with Gasteiger partial charge in [-0.1, -0.05) is 62.7 Å². The number of hydrogen-bond donors (Lipinski definition) is 0. The summed E-state index contributed by atoms with van der Waals surface area (Å²) in [4.78, 5) is 2.30. The van der Waals surface area contributed by atoms with E-state index >= 15 is 0 Å². The van der Waals surface area contributed by atoms with E-state index < -0.39 is 0 Å². The van der Waals surface area contributed by atoms with Crippen molar-refractivity contribution < 1.29 is 13.9 Å². The lowest BCUT2D eigenvalue weighted by molar-refractivity contribution is 0.201. The highest BCUT2D eigenvalue weighted by Crippen LogP contribution is 2.42. The summed E-state index contributed by atoms with van der Waals surface area (Å²) in [5, 5.41) is 0.454. The molecule has 0 aliphatic carbocycles. The predicted octanol–water partition coefficient (Wildman–Crippen LogP) is 6.94. The van der Waals surface area contributed by atoms with Crippen LogP contribution in [0, 0.1) is 5.82 Å². The Morgan fingerprint density at radius 3 is 2.27 bits per heavy atom. The van der Waals surface area contributed by atoms with Crippen LogP contribution in [-0.4, -0.2) is 25.7 Å². The maximum Gasteiger partial charge on any atom is 0.161 e. The molecule has 5 heteroatoms. The van der Waals surface area contributed by atoms with Gasteiger partial charge in [0.25, 0.3) is 0 Å². The van der Waals surface area contributed by atoms with Gasteiger partial charge in [-0.15, -0.1) is 0 Å². The molecule has 174 valence electrons. The highest BCUT2D eigenvalue weighted by atomic mass is 35.5. The third-order valence-electron chi connectivity index (χ3n) is 6.49. The summed E-state index contributed by atoms with van der Waals surface area (Å²) in [6, 6.07) is 17.7. The Kier molecular flexibility index (Phi) is 6.69. The molecule has 33 heavy (non-hydrogen) atoms. The molecule has 1 aliphatic heterocycles. The minimum Gasteiger partial charge on any atom is -0.493 e. The fourth-order valence-corrected chi connectivity index (χ4v) is 4.83. The Labute approximate surface area is 201 Å². The largest absolute Gasteiger partial charge is 0.493 e. The van der Waals surface area contributed by atoms with Gasteiger partial charge in [-0.2, -0.15) is 0 Å². The molecule has 1 atom stereocenters. The molecule has 4 rings (SSSR count). The first-order valence-corrected chi connectivity index (χ1v) is 11.6. The van der Waals surface area contributed by atoms with Crippen LogP contribution in [0.2, 0.25) is 5.02 Å². The van der Waals surface area contributed by atoms with Gasteiger partial charge in [-0.05, 0) is 58.4 Å². The van der Waals surface area contributed by atoms with Gasteiger partial charge in [-0.3, -0.25) is 4.90 Å². The number of methoxy groups -OCH3 is 2. The zero-order valence-corrected chi connectivity index (χ0v) is 20.7. The predicted molar refractivity (Wildman–Crippen MR) is 132 cm³/mol. The second kappa shape index (κ2) is 9.36. The fourth-order valence-electron chi connectivity index (χ4n) is 4.61. The van der Waals surface area contributed by atoms with Gasteiger partial charge >= 0.3 is 0 Å². The molecular formula is C28H31ClFNO2. The lowest BCUT2D eigenvalue weighted by Crippen LogP contribution is -2.36. The van der Waals surface area contributed by atoms with E-state index in [1.165, 1.54) is 17.2 Å². The van der Waals surface area contributed by atoms with Crippen LogP contribution in [-0.2, 0) is 18.4 Å². The third kappa shape index (κ3) is 4.73. The topological polar surface area (TPSA) is 21.7 Å². The molecule has 0 saturated heterocycles. The van der Waals surface area contributed by atoms with Crippen LogP contribution in [0.5, 0.6) is 11.5 Å². The number of halogens is 2. The van der Waals surface area contributed by atoms with Crippen molar-refractivity contribution in [1.29, 1.82) is 0 Å². The number of nitrogens with zero attached hydrogens (tertiary/aromatic N) is 1. The van der Waals surface area contributed by atoms with Gasteiger partial charge in [-0.25, -0.2) is 4.39 Å². The molecule has 1 unspecified atom stereocenters. The second-order valence-electron chi connectivity index (χ2n) is 9.60. The molecule has 3 aromatic rings. The van der Waals surface area contributed by atoms with Crippen molar-refractivity contribution in [2.24, 2.45) is 0 Å². The summed E-state index contributed by atoms with van der Waals surface area (Å²) in [7, 11) is 3.30. The first kappa shape index (κ1) is 23.6. The van der Waals surface area contributed by atoms with Crippen molar-refractivity contribution in [3.63, 3.8) is 0 Å². The molecule has 0 amide bonds. The number of fused-ring (bicyclic) bond motifs is 1. The van der Waals surface area contributed by atoms with E-state index in [9.17, 15) is 4.39 Å². The molecule has 0 aromatic heterocycles. The minimum absolute atomic E-state index is 0.0572. The van der Waals surface area contributed by atoms with E-state index in [4.69, 9.17) is 21.1 Å². The highest BCUT2D eigenvalue weighted by molar-refractivity contribution is 6.31. The van der Waals surface area contributed by atoms with E-state index in [1.807, 2.05) is 0 Å². The quantitative estimate of drug-likeness (QED) is 0.405. The van der Waals surface area contributed by atoms with Gasteiger partial charge in [0.2, 0.25) is 0 Å². The average Bonchev–Trinajstić information content (AvgIpc) is 2.79. The lowest BCUT2D eigenvalue weighted by atomic mass is 9.83. The summed E-state index contributed by atoms with van der Waals surface area (Å²) in [5.74, 6) is 1.14. The van der Waals surface area contributed by atoms with Crippen molar-refractivity contribution in [3.8, 4) is 11.5 Å². The highest BCUT2D eigenvalue weighted by Gasteiger charge is 2.31. The Morgan fingerprint density at radius 1 is 1.00 bits per heavy atom. The van der Waals surface area contributed by atoms with Crippen LogP contribution in [0.4, 0.5) is 4.39 Å². The van der Waals surface area contributed by atoms with E-state index in [0.29, 0.717) is 22.9 Å². The number of hydrogen-bond acceptors (Lipinski definition) is 3. The zero-order valence-electron chi connectivity index (χ0n) is 19.9. The normalized spacial score (nSPS) is 16.4. The molecule has 3 nitrogen and oxygen atoms in total. The van der Waals surface area contributed by atoms with Crippen molar-refractivity contribution in [2.75, 3.05) is 20.8 Å². The van der Waals surface area contributed by atoms with E-state index in [2.05, 4.69) is 62.1 Å². The molecule has 0 saturated carbocycles. The lowest BCUT2D eigenvalue weighted by Gasteiger charge is -2.38. The van der Waals surface area contributed by atoms with Crippen molar-refractivity contribution in [2.45, 2.75) is 45.2 Å². The van der Waals surface area contributed by atoms with Crippen LogP contribution < -0.4 is 9.47 Å². The SMILES string of the molecule is COc1cc2c(cc1OC)C(c1ccc(C(C)(C)C)cc1)N(Cc1c(F)cccc1Cl)CC2. The molecule has 1 heterocycles. The Balaban J connectivity index is 1.82. The van der Waals surface area contributed by atoms with E-state index in [0.717, 1.165) is 29.8 Å².